The van der Waals surface area contributed by atoms with Crippen LogP contribution in [-0.4, -0.2) is 11.7 Å². The van der Waals surface area contributed by atoms with Gasteiger partial charge in [0.15, 0.2) is 11.4 Å². The molecule has 0 N–H and O–H groups in total. The number of unbranched alkanes of at least 4 members (excludes halogenated alkanes) is 2. The molecule has 1 aliphatic rings. The van der Waals surface area contributed by atoms with E-state index in [-0.39, 0.29) is 0 Å². The van der Waals surface area contributed by atoms with Crippen LogP contribution in [-0.2, 0) is 13.5 Å². The summed E-state index contributed by atoms with van der Waals surface area (Å²) in [4.78, 5) is 0. The van der Waals surface area contributed by atoms with Gasteiger partial charge in [-0.05, 0) is 49.4 Å². The Balaban J connectivity index is 0.000000412. The highest BCUT2D eigenvalue weighted by Crippen LogP contribution is 2.41. The molecule has 5 aromatic rings. The fraction of sp³-hybridized carbons (Fsp3) is 0.382. The highest BCUT2D eigenvalue weighted by molar-refractivity contribution is 6.11. The molecule has 37 heavy (non-hydrogen) atoms. The van der Waals surface area contributed by atoms with Crippen LogP contribution in [0.25, 0.3) is 38.6 Å². The Bertz CT molecular complexity index is 1550. The van der Waals surface area contributed by atoms with E-state index in [1.54, 1.807) is 0 Å². The molecule has 0 aliphatic carbocycles. The Morgan fingerprint density at radius 3 is 2.14 bits per heavy atom. The van der Waals surface area contributed by atoms with E-state index in [9.17, 15) is 4.39 Å². The van der Waals surface area contributed by atoms with E-state index in [0.29, 0.717) is 13.1 Å². The van der Waals surface area contributed by atoms with Crippen molar-refractivity contribution < 1.29 is 8.79 Å². The van der Waals surface area contributed by atoms with Gasteiger partial charge in [0.25, 0.3) is 5.65 Å². The molecule has 1 atom stereocenters. The molecule has 0 saturated heterocycles. The number of pyridine rings is 1. The van der Waals surface area contributed by atoms with E-state index < -0.39 is 0 Å². The zero-order valence-corrected chi connectivity index (χ0v) is 23.9. The van der Waals surface area contributed by atoms with Gasteiger partial charge in [-0.3, -0.25) is 4.39 Å². The Labute approximate surface area is 221 Å². The highest BCUT2D eigenvalue weighted by Gasteiger charge is 2.35. The summed E-state index contributed by atoms with van der Waals surface area (Å²) in [6.07, 6.45) is 5.13. The van der Waals surface area contributed by atoms with Gasteiger partial charge < -0.3 is 0 Å². The smallest absolute Gasteiger partial charge is 0.255 e. The molecule has 0 amide bonds. The molecule has 3 heteroatoms. The first-order valence-electron chi connectivity index (χ1n) is 13.7. The molecule has 6 rings (SSSR count). The van der Waals surface area contributed by atoms with E-state index in [1.807, 2.05) is 0 Å². The minimum Gasteiger partial charge on any atom is -0.255 e. The van der Waals surface area contributed by atoms with Gasteiger partial charge in [0.2, 0.25) is 0 Å². The standard InChI is InChI=1S/C28H27N2.C5H12.CH3F/c1-16-13-18(3)25(19(4)14-16)27-24-15-17(2)20-10-8-11-22-21-9-6-7-12-23(21)30(27)28(26(20)22)29(24)5;1-3-5-4-2;1-2/h6-14,17H,15H2,1-5H3;3-5H2,1-2H3;1H3/q+1;;. The second-order valence-electron chi connectivity index (χ2n) is 10.5. The summed E-state index contributed by atoms with van der Waals surface area (Å²) in [5.41, 5.74) is 12.4. The molecular formula is C34H42FN2+. The molecular weight excluding hydrogens is 455 g/mol. The molecule has 2 aromatic heterocycles. The van der Waals surface area contributed by atoms with Gasteiger partial charge in [-0.15, -0.1) is 0 Å². The third kappa shape index (κ3) is 4.43. The molecule has 2 nitrogen and oxygen atoms in total. The number of aromatic nitrogens is 2. The number of hydrogen-bond acceptors (Lipinski definition) is 0. The Hall–Kier alpha value is -3.20. The Morgan fingerprint density at radius 2 is 1.51 bits per heavy atom. The zero-order valence-electron chi connectivity index (χ0n) is 23.9. The first kappa shape index (κ1) is 26.9. The number of rotatable bonds is 3. The first-order chi connectivity index (χ1) is 17.9. The van der Waals surface area contributed by atoms with E-state index in [2.05, 4.69) is 112 Å². The topological polar surface area (TPSA) is 9.03 Å². The van der Waals surface area contributed by atoms with Crippen LogP contribution in [0.3, 0.4) is 0 Å². The lowest BCUT2D eigenvalue weighted by atomic mass is 9.88. The van der Waals surface area contributed by atoms with E-state index in [4.69, 9.17) is 0 Å². The summed E-state index contributed by atoms with van der Waals surface area (Å²) in [5, 5.41) is 4.12. The third-order valence-corrected chi connectivity index (χ3v) is 7.84. The molecule has 1 aliphatic heterocycles. The SMILES string of the molecule is CCCCC.CF.Cc1cc(C)c(-c2c3n(C)c4c5c(cccc5c5ccccc5[n+]24)C(C)C3)c(C)c1. The van der Waals surface area contributed by atoms with Crippen LogP contribution in [0.1, 0.15) is 73.9 Å². The fourth-order valence-electron chi connectivity index (χ4n) is 6.33. The predicted octanol–water partition coefficient (Wildman–Crippen LogP) is 9.10. The first-order valence-corrected chi connectivity index (χ1v) is 13.7. The summed E-state index contributed by atoms with van der Waals surface area (Å²) in [6.45, 7) is 13.5. The van der Waals surface area contributed by atoms with Crippen molar-refractivity contribution in [3.8, 4) is 11.3 Å². The molecule has 0 radical (unpaired) electrons. The predicted molar refractivity (Wildman–Crippen MR) is 158 cm³/mol. The van der Waals surface area contributed by atoms with Gasteiger partial charge in [0.1, 0.15) is 5.52 Å². The van der Waals surface area contributed by atoms with E-state index in [1.165, 1.54) is 85.8 Å². The summed E-state index contributed by atoms with van der Waals surface area (Å²) in [6, 6.07) is 20.4. The Morgan fingerprint density at radius 1 is 0.892 bits per heavy atom. The lowest BCUT2D eigenvalue weighted by molar-refractivity contribution is -0.467. The van der Waals surface area contributed by atoms with Crippen LogP contribution in [0.4, 0.5) is 4.39 Å². The van der Waals surface area contributed by atoms with Crippen molar-refractivity contribution in [1.29, 1.82) is 0 Å². The van der Waals surface area contributed by atoms with Crippen molar-refractivity contribution in [2.24, 2.45) is 7.05 Å². The van der Waals surface area contributed by atoms with Crippen molar-refractivity contribution in [3.63, 3.8) is 0 Å². The number of halogens is 1. The van der Waals surface area contributed by atoms with Gasteiger partial charge in [0, 0.05) is 22.8 Å². The summed E-state index contributed by atoms with van der Waals surface area (Å²) >= 11 is 0. The molecule has 194 valence electrons. The lowest BCUT2D eigenvalue weighted by Crippen LogP contribution is -2.26. The van der Waals surface area contributed by atoms with Crippen LogP contribution in [0.15, 0.2) is 54.6 Å². The van der Waals surface area contributed by atoms with Gasteiger partial charge in [-0.25, -0.2) is 4.57 Å². The quantitative estimate of drug-likeness (QED) is 0.174. The largest absolute Gasteiger partial charge is 0.295 e. The number of hydrogen-bond donors (Lipinski definition) is 0. The van der Waals surface area contributed by atoms with Crippen molar-refractivity contribution in [3.05, 3.63) is 82.5 Å². The average Bonchev–Trinajstić information content (AvgIpc) is 3.11. The minimum absolute atomic E-state index is 0.489. The number of alkyl halides is 1. The lowest BCUT2D eigenvalue weighted by Gasteiger charge is -2.17. The number of benzene rings is 3. The average molecular weight is 498 g/mol. The Kier molecular flexibility index (Phi) is 8.02. The normalized spacial score (nSPS) is 14.0. The van der Waals surface area contributed by atoms with Crippen LogP contribution >= 0.6 is 0 Å². The summed E-state index contributed by atoms with van der Waals surface area (Å²) < 4.78 is 14.5. The van der Waals surface area contributed by atoms with Crippen LogP contribution in [0.5, 0.6) is 0 Å². The molecule has 0 saturated carbocycles. The van der Waals surface area contributed by atoms with Crippen molar-refractivity contribution in [2.45, 2.75) is 73.1 Å². The van der Waals surface area contributed by atoms with Gasteiger partial charge in [-0.2, -0.15) is 4.40 Å². The molecule has 3 heterocycles. The minimum atomic E-state index is 0.489. The molecule has 3 aromatic carbocycles. The number of para-hydroxylation sites is 1. The third-order valence-electron chi connectivity index (χ3n) is 7.84. The van der Waals surface area contributed by atoms with Gasteiger partial charge in [-0.1, -0.05) is 94.1 Å². The number of imidazole rings is 1. The number of aryl methyl sites for hydroxylation is 4. The summed E-state index contributed by atoms with van der Waals surface area (Å²) in [7, 11) is 2.76. The van der Waals surface area contributed by atoms with Crippen molar-refractivity contribution in [2.75, 3.05) is 7.18 Å². The number of fused-ring (bicyclic) bond motifs is 4. The zero-order chi connectivity index (χ0) is 26.9. The van der Waals surface area contributed by atoms with Crippen LogP contribution in [0, 0.1) is 20.8 Å². The second kappa shape index (κ2) is 11.0. The molecule has 1 unspecified atom stereocenters. The maximum absolute atomic E-state index is 9.50. The summed E-state index contributed by atoms with van der Waals surface area (Å²) in [5.74, 6) is 0.489. The van der Waals surface area contributed by atoms with Crippen LogP contribution in [0.2, 0.25) is 0 Å². The van der Waals surface area contributed by atoms with Gasteiger partial charge >= 0.3 is 0 Å². The molecule has 0 spiro atoms. The number of nitrogens with zero attached hydrogens (tertiary/aromatic N) is 2. The van der Waals surface area contributed by atoms with Crippen molar-refractivity contribution in [1.82, 2.24) is 4.57 Å². The maximum atomic E-state index is 9.50. The maximum Gasteiger partial charge on any atom is 0.295 e. The molecule has 0 fully saturated rings. The molecule has 2 bridgehead atoms. The second-order valence-corrected chi connectivity index (χ2v) is 10.5. The fourth-order valence-corrected chi connectivity index (χ4v) is 6.33. The van der Waals surface area contributed by atoms with Gasteiger partial charge in [0.05, 0.1) is 19.6 Å². The van der Waals surface area contributed by atoms with Crippen LogP contribution < -0.4 is 4.40 Å². The highest BCUT2D eigenvalue weighted by atomic mass is 19.1. The van der Waals surface area contributed by atoms with E-state index >= 15 is 0 Å². The van der Waals surface area contributed by atoms with Crippen molar-refractivity contribution >= 4 is 27.3 Å². The monoisotopic (exact) mass is 497 g/mol. The van der Waals surface area contributed by atoms with E-state index in [0.717, 1.165) is 6.42 Å².